The van der Waals surface area contributed by atoms with Crippen LogP contribution in [-0.4, -0.2) is 155 Å². The van der Waals surface area contributed by atoms with Crippen molar-refractivity contribution in [2.75, 3.05) is 85.1 Å². The molecule has 18 rings (SSSR count). The van der Waals surface area contributed by atoms with Gasteiger partial charge in [-0.05, 0) is 368 Å². The number of rotatable bonds is 7. The Morgan fingerprint density at radius 3 is 0.743 bits per heavy atom. The van der Waals surface area contributed by atoms with Crippen molar-refractivity contribution in [2.45, 2.75) is 118 Å². The Morgan fingerprint density at radius 1 is 0.257 bits per heavy atom. The van der Waals surface area contributed by atoms with Gasteiger partial charge in [-0.1, -0.05) is 135 Å². The van der Waals surface area contributed by atoms with Gasteiger partial charge in [-0.15, -0.1) is 0 Å². The van der Waals surface area contributed by atoms with E-state index in [1.54, 1.807) is 115 Å². The molecule has 1 N–H and O–H groups in total. The van der Waals surface area contributed by atoms with E-state index in [2.05, 4.69) is 98.7 Å². The number of aliphatic hydroxyl groups excluding tert-OH is 1. The van der Waals surface area contributed by atoms with Gasteiger partial charge in [-0.2, -0.15) is 0 Å². The first-order valence-corrected chi connectivity index (χ1v) is 49.4. The Balaban J connectivity index is 0.000000145. The van der Waals surface area contributed by atoms with Crippen LogP contribution in [0, 0.1) is 129 Å². The summed E-state index contributed by atoms with van der Waals surface area (Å²) in [5.41, 5.74) is 12.9. The molecule has 0 spiro atoms. The van der Waals surface area contributed by atoms with Crippen LogP contribution in [0.2, 0.25) is 0 Å². The van der Waals surface area contributed by atoms with E-state index in [1.165, 1.54) is 79.6 Å². The average Bonchev–Trinajstić information content (AvgIpc) is 0.846. The molecule has 6 amide bonds. The van der Waals surface area contributed by atoms with Gasteiger partial charge < -0.3 is 34.5 Å². The first kappa shape index (κ1) is 106. The van der Waals surface area contributed by atoms with E-state index >= 15 is 0 Å². The third kappa shape index (κ3) is 33.5. The van der Waals surface area contributed by atoms with Crippen molar-refractivity contribution in [1.82, 2.24) is 29.4 Å². The number of hydrogen-bond donors (Lipinski definition) is 1. The van der Waals surface area contributed by atoms with E-state index in [4.69, 9.17) is 0 Å². The fourth-order valence-electron chi connectivity index (χ4n) is 16.7. The van der Waals surface area contributed by atoms with E-state index in [1.807, 2.05) is 139 Å². The molecule has 144 heavy (non-hydrogen) atoms. The van der Waals surface area contributed by atoms with Crippen LogP contribution in [0.15, 0.2) is 291 Å². The Bertz CT molecular complexity index is 6770. The topological polar surface area (TPSA) is 142 Å². The van der Waals surface area contributed by atoms with Crippen LogP contribution in [0.4, 0.5) is 26.3 Å². The molecule has 0 aromatic heterocycles. The number of amides is 6. The van der Waals surface area contributed by atoms with E-state index in [9.17, 15) is 60.2 Å². The van der Waals surface area contributed by atoms with Crippen LogP contribution in [0.1, 0.15) is 246 Å². The highest BCUT2D eigenvalue weighted by atomic mass is 19.1. The predicted molar refractivity (Wildman–Crippen MR) is 556 cm³/mol. The lowest BCUT2D eigenvalue weighted by atomic mass is 9.82. The summed E-state index contributed by atoms with van der Waals surface area (Å²) in [4.78, 5) is 86.2. The first-order valence-electron chi connectivity index (χ1n) is 49.4. The molecule has 6 aliphatic rings. The Labute approximate surface area is 843 Å². The molecule has 0 atom stereocenters. The number of nitrogens with zero attached hydrogens (tertiary/aromatic N) is 6. The van der Waals surface area contributed by atoms with Gasteiger partial charge in [0, 0.05) is 180 Å². The van der Waals surface area contributed by atoms with Gasteiger partial charge in [0.25, 0.3) is 35.4 Å². The number of benzene rings is 12. The SMILES string of the molecule is CC1(C)CCN(C(=O)c2ccc(C#Cc3cccc(F)c3)cc2)CC1.CC1CCN(C(=O)c2ccc(C#Cc3ccc(F)cc3)cc2)CC1.CC1CCN(C(=O)c2ccc(C#Cc3cccc(F)c3)cc2)CC1.O=C(c1ccc(C#Cc2cccc(F)c2)cc1)N1CCC(CO)CC1.O=C(c1ccc(C#Cc2cccc(F)c2)cc1)N1CCCCC1.O=C(c1ccc(C#Cc2ccccc2F)cc1)N1CCCCC1. The van der Waals surface area contributed by atoms with Crippen LogP contribution in [0.3, 0.4) is 0 Å². The molecule has 0 aliphatic carbocycles. The molecule has 6 saturated heterocycles. The number of carbonyl (C=O) groups is 6. The molecule has 6 heterocycles. The van der Waals surface area contributed by atoms with Crippen molar-refractivity contribution in [2.24, 2.45) is 23.2 Å². The third-order valence-electron chi connectivity index (χ3n) is 25.9. The second-order valence-electron chi connectivity index (χ2n) is 37.5. The van der Waals surface area contributed by atoms with E-state index in [-0.39, 0.29) is 77.0 Å². The normalized spacial score (nSPS) is 14.8. The van der Waals surface area contributed by atoms with E-state index < -0.39 is 0 Å². The molecule has 732 valence electrons. The minimum Gasteiger partial charge on any atom is -0.396 e. The number of carbonyl (C=O) groups excluding carboxylic acids is 6. The summed E-state index contributed by atoms with van der Waals surface area (Å²) in [6.07, 6.45) is 14.8. The zero-order chi connectivity index (χ0) is 102. The number of likely N-dealkylation sites (tertiary alicyclic amines) is 6. The third-order valence-corrected chi connectivity index (χ3v) is 25.9. The average molecular weight is 1930 g/mol. The van der Waals surface area contributed by atoms with Gasteiger partial charge in [0.2, 0.25) is 0 Å². The summed E-state index contributed by atoms with van der Waals surface area (Å²) >= 11 is 0. The quantitative estimate of drug-likeness (QED) is 0.124. The van der Waals surface area contributed by atoms with Gasteiger partial charge >= 0.3 is 0 Å². The van der Waals surface area contributed by atoms with Gasteiger partial charge in [0.1, 0.15) is 34.9 Å². The number of piperidine rings is 6. The maximum absolute atomic E-state index is 13.5. The van der Waals surface area contributed by atoms with Crippen molar-refractivity contribution in [1.29, 1.82) is 0 Å². The summed E-state index contributed by atoms with van der Waals surface area (Å²) in [7, 11) is 0. The van der Waals surface area contributed by atoms with E-state index in [0.29, 0.717) is 97.5 Å². The second-order valence-corrected chi connectivity index (χ2v) is 37.5. The summed E-state index contributed by atoms with van der Waals surface area (Å²) in [6, 6.07) is 81.0. The lowest BCUT2D eigenvalue weighted by Gasteiger charge is -2.36. The molecule has 0 radical (unpaired) electrons. The van der Waals surface area contributed by atoms with Gasteiger partial charge in [0.15, 0.2) is 0 Å². The van der Waals surface area contributed by atoms with E-state index in [0.717, 1.165) is 181 Å². The highest BCUT2D eigenvalue weighted by Crippen LogP contribution is 2.31. The fraction of sp³-hybridized carbons (Fsp3) is 0.280. The predicted octanol–water partition coefficient (Wildman–Crippen LogP) is 23.5. The molecule has 12 aromatic carbocycles. The van der Waals surface area contributed by atoms with Crippen LogP contribution in [-0.2, 0) is 0 Å². The summed E-state index contributed by atoms with van der Waals surface area (Å²) in [6.45, 7) is 18.9. The Hall–Kier alpha value is -15.6. The minimum absolute atomic E-state index is 0.0148. The van der Waals surface area contributed by atoms with Crippen LogP contribution >= 0.6 is 0 Å². The Kier molecular flexibility index (Phi) is 39.5. The largest absolute Gasteiger partial charge is 0.396 e. The van der Waals surface area contributed by atoms with Gasteiger partial charge in [0.05, 0.1) is 5.56 Å². The van der Waals surface area contributed by atoms with Crippen LogP contribution in [0.5, 0.6) is 0 Å². The van der Waals surface area contributed by atoms with Crippen LogP contribution < -0.4 is 0 Å². The zero-order valence-corrected chi connectivity index (χ0v) is 81.9. The zero-order valence-electron chi connectivity index (χ0n) is 81.9. The molecule has 13 nitrogen and oxygen atoms in total. The van der Waals surface area contributed by atoms with Crippen molar-refractivity contribution in [3.8, 4) is 71.0 Å². The Morgan fingerprint density at radius 2 is 0.486 bits per heavy atom. The smallest absolute Gasteiger partial charge is 0.253 e. The number of hydrogen-bond acceptors (Lipinski definition) is 7. The van der Waals surface area contributed by atoms with Crippen molar-refractivity contribution in [3.63, 3.8) is 0 Å². The lowest BCUT2D eigenvalue weighted by molar-refractivity contribution is 0.0626. The molecule has 0 saturated carbocycles. The molecular formula is C125H118F6N6O7. The second kappa shape index (κ2) is 53.8. The molecule has 0 unspecified atom stereocenters. The molecule has 6 aliphatic heterocycles. The maximum Gasteiger partial charge on any atom is 0.253 e. The first-order chi connectivity index (χ1) is 69.8. The van der Waals surface area contributed by atoms with Crippen molar-refractivity contribution in [3.05, 3.63) is 426 Å². The number of halogens is 6. The highest BCUT2D eigenvalue weighted by molar-refractivity contribution is 5.97. The van der Waals surface area contributed by atoms with Gasteiger partial charge in [-0.25, -0.2) is 26.3 Å². The summed E-state index contributed by atoms with van der Waals surface area (Å²) < 4.78 is 78.9. The van der Waals surface area contributed by atoms with Crippen molar-refractivity contribution < 1.29 is 60.2 Å². The monoisotopic (exact) mass is 1930 g/mol. The van der Waals surface area contributed by atoms with Crippen molar-refractivity contribution >= 4 is 35.4 Å². The standard InChI is InChI=1S/C22H22FNO.C21H20FNO2.2C21H20FNO.2C20H18FNO/c1-22(2)12-14-24(15-13-22)21(25)19-10-8-17(9-11-19)6-7-18-4-3-5-20(23)16-18;22-20-3-1-2-17(14-20)5-4-16-6-8-19(9-7-16)21(25)23-12-10-18(15-24)11-13-23;1-16-12-14-23(15-13-16)21(24)19-8-4-17(5-9-19)2-3-18-6-10-20(22)11-7-18;1-16-11-13-23(14-12-16)21(24)19-9-7-17(8-10-19)5-6-18-3-2-4-20(22)15-18;21-19-7-3-2-6-17(19)11-8-16-9-12-18(13-10-16)20(23)22-14-4-1-5-15-22;21-19-6-4-5-17(15-19)8-7-16-9-11-18(12-10-16)20(23)22-13-2-1-3-14-22/h3-5,8-11,16H,12-15H2,1-2H3;1-3,6-9,14,18,24H,10-13,15H2;4-11,16H,12-15H2,1H3;2-4,7-10,15-16H,11-14H2,1H3;2-3,6-7,9-10,12-13H,1,4-5,14-15H2;4-6,9-12,15H,1-3,13-14H2. The molecular weight excluding hydrogens is 1810 g/mol. The fourth-order valence-corrected chi connectivity index (χ4v) is 16.7. The summed E-state index contributed by atoms with van der Waals surface area (Å²) in [5.74, 6) is 35.9. The lowest BCUT2D eigenvalue weighted by Crippen LogP contribution is -2.41. The van der Waals surface area contributed by atoms with Gasteiger partial charge in [-0.3, -0.25) is 28.8 Å². The molecule has 12 aromatic rings. The molecule has 19 heteroatoms. The molecule has 0 bridgehead atoms. The maximum atomic E-state index is 13.5. The minimum atomic E-state index is -0.322. The highest BCUT2D eigenvalue weighted by Gasteiger charge is 2.30. The summed E-state index contributed by atoms with van der Waals surface area (Å²) in [5, 5.41) is 9.17. The molecule has 6 fully saturated rings. The number of aliphatic hydroxyl groups is 1. The van der Waals surface area contributed by atoms with Crippen LogP contribution in [0.25, 0.3) is 0 Å².